The Balaban J connectivity index is 1.54. The van der Waals surface area contributed by atoms with Gasteiger partial charge in [0.25, 0.3) is 0 Å². The van der Waals surface area contributed by atoms with Crippen LogP contribution >= 0.6 is 0 Å². The molecule has 3 aromatic carbocycles. The lowest BCUT2D eigenvalue weighted by atomic mass is 9.67. The molecular weight excluding hydrogens is 328 g/mol. The second kappa shape index (κ2) is 5.80. The van der Waals surface area contributed by atoms with E-state index in [1.807, 2.05) is 0 Å². The fraction of sp³-hybridized carbons (Fsp3) is 0.154. The zero-order chi connectivity index (χ0) is 17.8. The molecule has 4 atom stereocenters. The zero-order valence-corrected chi connectivity index (χ0v) is 15.0. The van der Waals surface area contributed by atoms with Gasteiger partial charge in [-0.3, -0.25) is 0 Å². The molecule has 3 aromatic rings. The van der Waals surface area contributed by atoms with Gasteiger partial charge in [0.2, 0.25) is 0 Å². The van der Waals surface area contributed by atoms with E-state index in [1.165, 1.54) is 33.4 Å². The van der Waals surface area contributed by atoms with Crippen molar-refractivity contribution in [2.75, 3.05) is 0 Å². The maximum atomic E-state index is 6.54. The van der Waals surface area contributed by atoms with E-state index in [1.54, 1.807) is 0 Å². The van der Waals surface area contributed by atoms with Gasteiger partial charge in [-0.15, -0.1) is 0 Å². The van der Waals surface area contributed by atoms with Crippen LogP contribution in [0.15, 0.2) is 97.1 Å². The average molecular weight is 348 g/mol. The Kier molecular flexibility index (Phi) is 3.26. The largest absolute Gasteiger partial charge is 0.364 e. The summed E-state index contributed by atoms with van der Waals surface area (Å²) < 4.78 is 6.54. The van der Waals surface area contributed by atoms with Gasteiger partial charge in [-0.25, -0.2) is 0 Å². The third kappa shape index (κ3) is 2.22. The Labute approximate surface area is 159 Å². The first-order chi connectivity index (χ1) is 13.4. The predicted octanol–water partition coefficient (Wildman–Crippen LogP) is 6.23. The smallest absolute Gasteiger partial charge is 0.0912 e. The van der Waals surface area contributed by atoms with Crippen LogP contribution in [0, 0.1) is 11.8 Å². The monoisotopic (exact) mass is 348 g/mol. The quantitative estimate of drug-likeness (QED) is 0.534. The highest BCUT2D eigenvalue weighted by Gasteiger charge is 2.53. The molecule has 1 saturated heterocycles. The summed E-state index contributed by atoms with van der Waals surface area (Å²) in [4.78, 5) is 0. The molecule has 2 heterocycles. The SMILES string of the molecule is C1=C(c2ccccc2)C=C(c2ccccc2)[C@@H]2[C@H]1[C@@H]1O[C@H]2c2ccccc21. The van der Waals surface area contributed by atoms with Gasteiger partial charge in [-0.05, 0) is 33.4 Å². The molecule has 1 fully saturated rings. The Morgan fingerprint density at radius 3 is 1.89 bits per heavy atom. The first-order valence-corrected chi connectivity index (χ1v) is 9.69. The predicted molar refractivity (Wildman–Crippen MR) is 109 cm³/mol. The van der Waals surface area contributed by atoms with Crippen molar-refractivity contribution >= 4 is 11.1 Å². The van der Waals surface area contributed by atoms with Crippen molar-refractivity contribution in [1.82, 2.24) is 0 Å². The van der Waals surface area contributed by atoms with E-state index in [0.29, 0.717) is 11.8 Å². The Hall–Kier alpha value is -2.90. The van der Waals surface area contributed by atoms with Gasteiger partial charge in [0.1, 0.15) is 0 Å². The number of allylic oxidation sites excluding steroid dienone is 2. The van der Waals surface area contributed by atoms with E-state index < -0.39 is 0 Å². The number of fused-ring (bicyclic) bond motifs is 8. The summed E-state index contributed by atoms with van der Waals surface area (Å²) in [7, 11) is 0. The summed E-state index contributed by atoms with van der Waals surface area (Å²) in [5, 5.41) is 0. The molecular formula is C26H20O. The zero-order valence-electron chi connectivity index (χ0n) is 15.0. The topological polar surface area (TPSA) is 9.23 Å². The van der Waals surface area contributed by atoms with Crippen LogP contribution in [0.2, 0.25) is 0 Å². The number of hydrogen-bond donors (Lipinski definition) is 0. The highest BCUT2D eigenvalue weighted by molar-refractivity contribution is 5.88. The van der Waals surface area contributed by atoms with E-state index in [2.05, 4.69) is 97.1 Å². The van der Waals surface area contributed by atoms with Crippen LogP contribution in [0.4, 0.5) is 0 Å². The second-order valence-corrected chi connectivity index (χ2v) is 7.66. The van der Waals surface area contributed by atoms with Gasteiger partial charge in [0.05, 0.1) is 12.2 Å². The van der Waals surface area contributed by atoms with Crippen LogP contribution in [0.5, 0.6) is 0 Å². The van der Waals surface area contributed by atoms with Gasteiger partial charge >= 0.3 is 0 Å². The maximum absolute atomic E-state index is 6.54. The lowest BCUT2D eigenvalue weighted by molar-refractivity contribution is 0.0609. The molecule has 0 saturated carbocycles. The molecule has 6 rings (SSSR count). The van der Waals surface area contributed by atoms with Crippen LogP contribution < -0.4 is 0 Å². The lowest BCUT2D eigenvalue weighted by Crippen LogP contribution is -2.24. The molecule has 0 unspecified atom stereocenters. The molecule has 130 valence electrons. The summed E-state index contributed by atoms with van der Waals surface area (Å²) in [6, 6.07) is 30.3. The summed E-state index contributed by atoms with van der Waals surface area (Å²) in [6.07, 6.45) is 5.17. The van der Waals surface area contributed by atoms with Gasteiger partial charge in [0, 0.05) is 11.8 Å². The van der Waals surface area contributed by atoms with Crippen molar-refractivity contribution < 1.29 is 4.74 Å². The molecule has 2 bridgehead atoms. The third-order valence-corrected chi connectivity index (χ3v) is 6.25. The summed E-state index contributed by atoms with van der Waals surface area (Å²) in [5.74, 6) is 0.778. The van der Waals surface area contributed by atoms with E-state index in [9.17, 15) is 0 Å². The number of benzene rings is 3. The molecule has 0 aromatic heterocycles. The normalized spacial score (nSPS) is 27.6. The molecule has 0 N–H and O–H groups in total. The van der Waals surface area contributed by atoms with Crippen LogP contribution in [0.25, 0.3) is 11.1 Å². The van der Waals surface area contributed by atoms with Gasteiger partial charge < -0.3 is 4.74 Å². The summed E-state index contributed by atoms with van der Waals surface area (Å²) >= 11 is 0. The molecule has 1 aliphatic carbocycles. The number of ether oxygens (including phenoxy) is 1. The Bertz CT molecular complexity index is 1060. The molecule has 27 heavy (non-hydrogen) atoms. The fourth-order valence-electron chi connectivity index (χ4n) is 5.10. The van der Waals surface area contributed by atoms with Crippen molar-refractivity contribution in [2.24, 2.45) is 11.8 Å². The molecule has 3 aliphatic rings. The highest BCUT2D eigenvalue weighted by Crippen LogP contribution is 2.63. The molecule has 0 amide bonds. The maximum Gasteiger partial charge on any atom is 0.0912 e. The van der Waals surface area contributed by atoms with Gasteiger partial charge in [0.15, 0.2) is 0 Å². The summed E-state index contributed by atoms with van der Waals surface area (Å²) in [5.41, 5.74) is 8.06. The summed E-state index contributed by atoms with van der Waals surface area (Å²) in [6.45, 7) is 0. The first-order valence-electron chi connectivity index (χ1n) is 9.69. The lowest BCUT2D eigenvalue weighted by Gasteiger charge is -2.33. The highest BCUT2D eigenvalue weighted by atomic mass is 16.5. The minimum Gasteiger partial charge on any atom is -0.364 e. The molecule has 1 nitrogen and oxygen atoms in total. The van der Waals surface area contributed by atoms with Crippen molar-refractivity contribution in [2.45, 2.75) is 12.2 Å². The van der Waals surface area contributed by atoms with E-state index in [-0.39, 0.29) is 12.2 Å². The Morgan fingerprint density at radius 2 is 1.19 bits per heavy atom. The first kappa shape index (κ1) is 15.2. The molecule has 0 spiro atoms. The van der Waals surface area contributed by atoms with Crippen molar-refractivity contribution in [3.63, 3.8) is 0 Å². The van der Waals surface area contributed by atoms with Crippen LogP contribution in [-0.2, 0) is 4.74 Å². The van der Waals surface area contributed by atoms with Crippen molar-refractivity contribution in [1.29, 1.82) is 0 Å². The minimum absolute atomic E-state index is 0.163. The van der Waals surface area contributed by atoms with E-state index in [0.717, 1.165) is 0 Å². The van der Waals surface area contributed by atoms with Gasteiger partial charge in [-0.1, -0.05) is 97.1 Å². The number of rotatable bonds is 2. The van der Waals surface area contributed by atoms with Crippen LogP contribution in [0.1, 0.15) is 34.5 Å². The van der Waals surface area contributed by atoms with E-state index >= 15 is 0 Å². The molecule has 2 aliphatic heterocycles. The standard InChI is InChI=1S/C26H20O/c1-3-9-17(10-4-1)19-15-22(18-11-5-2-6-12-18)24-23(16-19)25-20-13-7-8-14-21(20)26(24)27-25/h1-16,23-26H/t23-,24+,25+,26-/m0/s1. The van der Waals surface area contributed by atoms with Crippen molar-refractivity contribution in [3.05, 3.63) is 119 Å². The minimum atomic E-state index is 0.163. The average Bonchev–Trinajstić information content (AvgIpc) is 3.32. The van der Waals surface area contributed by atoms with Gasteiger partial charge in [-0.2, -0.15) is 0 Å². The van der Waals surface area contributed by atoms with Crippen LogP contribution in [0.3, 0.4) is 0 Å². The van der Waals surface area contributed by atoms with Crippen molar-refractivity contribution in [3.8, 4) is 0 Å². The fourth-order valence-corrected chi connectivity index (χ4v) is 5.10. The number of hydrogen-bond acceptors (Lipinski definition) is 1. The second-order valence-electron chi connectivity index (χ2n) is 7.66. The van der Waals surface area contributed by atoms with Crippen LogP contribution in [-0.4, -0.2) is 0 Å². The van der Waals surface area contributed by atoms with E-state index in [4.69, 9.17) is 4.74 Å². The molecule has 0 radical (unpaired) electrons. The Morgan fingerprint density at radius 1 is 0.593 bits per heavy atom. The molecule has 1 heteroatoms. The third-order valence-electron chi connectivity index (χ3n) is 6.25.